The molecule has 2 aliphatic rings. The van der Waals surface area contributed by atoms with E-state index in [0.717, 1.165) is 69.5 Å². The summed E-state index contributed by atoms with van der Waals surface area (Å²) in [6.45, 7) is 8.63. The number of nitrogens with zero attached hydrogens (tertiary/aromatic N) is 5. The van der Waals surface area contributed by atoms with Crippen LogP contribution in [0.4, 0.5) is 0 Å². The largest absolute Gasteiger partial charge is 0.390 e. The van der Waals surface area contributed by atoms with Crippen LogP contribution < -0.4 is 10.6 Å². The van der Waals surface area contributed by atoms with Gasteiger partial charge in [-0.2, -0.15) is 5.10 Å². The van der Waals surface area contributed by atoms with Gasteiger partial charge in [-0.1, -0.05) is 31.2 Å². The van der Waals surface area contributed by atoms with Crippen LogP contribution in [-0.4, -0.2) is 69.1 Å². The molecule has 0 saturated heterocycles. The SMILES string of the molecule is CCNC(=NCC(O)CN1CCc2ccccc2C1)NC1CCc2nc(CC)nn2C1. The smallest absolute Gasteiger partial charge is 0.191 e. The van der Waals surface area contributed by atoms with Crippen molar-refractivity contribution in [3.8, 4) is 0 Å². The third kappa shape index (κ3) is 5.62. The lowest BCUT2D eigenvalue weighted by molar-refractivity contribution is 0.111. The number of β-amino-alcohol motifs (C(OH)–C–C–N with tert-alkyl or cyclic N) is 1. The van der Waals surface area contributed by atoms with E-state index in [0.29, 0.717) is 13.1 Å². The van der Waals surface area contributed by atoms with E-state index in [2.05, 4.69) is 68.7 Å². The zero-order valence-corrected chi connectivity index (χ0v) is 18.7. The average molecular weight is 426 g/mol. The Balaban J connectivity index is 1.29. The molecule has 2 unspecified atom stereocenters. The van der Waals surface area contributed by atoms with Gasteiger partial charge in [-0.05, 0) is 30.9 Å². The van der Waals surface area contributed by atoms with Crippen molar-refractivity contribution in [2.45, 2.75) is 64.8 Å². The summed E-state index contributed by atoms with van der Waals surface area (Å²) in [5.41, 5.74) is 2.80. The molecule has 0 aliphatic carbocycles. The minimum Gasteiger partial charge on any atom is -0.390 e. The molecule has 31 heavy (non-hydrogen) atoms. The van der Waals surface area contributed by atoms with Crippen LogP contribution in [0.1, 0.15) is 43.0 Å². The quantitative estimate of drug-likeness (QED) is 0.455. The number of aliphatic hydroxyl groups is 1. The maximum atomic E-state index is 10.6. The normalized spacial score (nSPS) is 20.1. The van der Waals surface area contributed by atoms with Gasteiger partial charge < -0.3 is 15.7 Å². The van der Waals surface area contributed by atoms with E-state index < -0.39 is 6.10 Å². The number of benzene rings is 1. The van der Waals surface area contributed by atoms with Crippen LogP contribution in [0.5, 0.6) is 0 Å². The van der Waals surface area contributed by atoms with Crippen LogP contribution in [-0.2, 0) is 32.4 Å². The summed E-state index contributed by atoms with van der Waals surface area (Å²) in [5.74, 6) is 2.75. The summed E-state index contributed by atoms with van der Waals surface area (Å²) in [5, 5.41) is 22.0. The minimum absolute atomic E-state index is 0.257. The molecule has 3 N–H and O–H groups in total. The Kier molecular flexibility index (Phi) is 7.19. The fourth-order valence-corrected chi connectivity index (χ4v) is 4.40. The number of rotatable bonds is 7. The van der Waals surface area contributed by atoms with Crippen LogP contribution in [0.15, 0.2) is 29.3 Å². The van der Waals surface area contributed by atoms with Crippen molar-refractivity contribution >= 4 is 5.96 Å². The topological polar surface area (TPSA) is 90.6 Å². The Bertz CT molecular complexity index is 894. The fraction of sp³-hybridized carbons (Fsp3) is 0.609. The molecular weight excluding hydrogens is 390 g/mol. The molecule has 0 fully saturated rings. The Morgan fingerprint density at radius 1 is 1.26 bits per heavy atom. The molecule has 1 aromatic carbocycles. The van der Waals surface area contributed by atoms with Crippen molar-refractivity contribution in [3.05, 3.63) is 47.0 Å². The molecule has 0 spiro atoms. The summed E-state index contributed by atoms with van der Waals surface area (Å²) in [6, 6.07) is 8.85. The fourth-order valence-electron chi connectivity index (χ4n) is 4.40. The van der Waals surface area contributed by atoms with Gasteiger partial charge in [-0.25, -0.2) is 9.67 Å². The van der Waals surface area contributed by atoms with Crippen molar-refractivity contribution < 1.29 is 5.11 Å². The monoisotopic (exact) mass is 425 g/mol. The second kappa shape index (κ2) is 10.2. The minimum atomic E-state index is -0.485. The zero-order chi connectivity index (χ0) is 21.6. The molecule has 8 heteroatoms. The number of hydrogen-bond acceptors (Lipinski definition) is 5. The number of fused-ring (bicyclic) bond motifs is 2. The van der Waals surface area contributed by atoms with Crippen molar-refractivity contribution in [2.24, 2.45) is 4.99 Å². The number of aliphatic hydroxyl groups excluding tert-OH is 1. The van der Waals surface area contributed by atoms with E-state index in [1.807, 2.05) is 4.68 Å². The van der Waals surface area contributed by atoms with E-state index in [1.165, 1.54) is 11.1 Å². The summed E-state index contributed by atoms with van der Waals surface area (Å²) < 4.78 is 2.02. The van der Waals surface area contributed by atoms with E-state index in [4.69, 9.17) is 0 Å². The van der Waals surface area contributed by atoms with E-state index >= 15 is 0 Å². The summed E-state index contributed by atoms with van der Waals surface area (Å²) >= 11 is 0. The maximum absolute atomic E-state index is 10.6. The molecule has 168 valence electrons. The third-order valence-corrected chi connectivity index (χ3v) is 6.04. The molecular formula is C23H35N7O. The highest BCUT2D eigenvalue weighted by molar-refractivity contribution is 5.80. The standard InChI is InChI=1S/C23H35N7O/c1-3-21-27-22-10-9-19(15-30(22)28-21)26-23(24-4-2)25-13-20(31)16-29-12-11-17-7-5-6-8-18(17)14-29/h5-8,19-20,31H,3-4,9-16H2,1-2H3,(H2,24,25,26). The Hall–Kier alpha value is -2.45. The van der Waals surface area contributed by atoms with Gasteiger partial charge in [0.1, 0.15) is 5.82 Å². The first-order valence-corrected chi connectivity index (χ1v) is 11.6. The number of nitrogens with one attached hydrogen (secondary N) is 2. The van der Waals surface area contributed by atoms with Crippen LogP contribution >= 0.6 is 0 Å². The average Bonchev–Trinajstić information content (AvgIpc) is 3.20. The highest BCUT2D eigenvalue weighted by Crippen LogP contribution is 2.18. The van der Waals surface area contributed by atoms with Gasteiger partial charge in [-0.15, -0.1) is 0 Å². The lowest BCUT2D eigenvalue weighted by Gasteiger charge is -2.30. The summed E-state index contributed by atoms with van der Waals surface area (Å²) in [4.78, 5) is 11.6. The van der Waals surface area contributed by atoms with Gasteiger partial charge in [0.15, 0.2) is 11.8 Å². The molecule has 3 heterocycles. The second-order valence-corrected chi connectivity index (χ2v) is 8.49. The zero-order valence-electron chi connectivity index (χ0n) is 18.7. The molecule has 1 aromatic heterocycles. The van der Waals surface area contributed by atoms with Crippen molar-refractivity contribution in [1.82, 2.24) is 30.3 Å². The first-order chi connectivity index (χ1) is 15.1. The summed E-state index contributed by atoms with van der Waals surface area (Å²) in [6.07, 6.45) is 3.34. The molecule has 0 bridgehead atoms. The molecule has 2 aliphatic heterocycles. The van der Waals surface area contributed by atoms with Gasteiger partial charge in [0.25, 0.3) is 0 Å². The van der Waals surface area contributed by atoms with Gasteiger partial charge in [0.2, 0.25) is 0 Å². The lowest BCUT2D eigenvalue weighted by Crippen LogP contribution is -2.47. The van der Waals surface area contributed by atoms with Crippen molar-refractivity contribution in [3.63, 3.8) is 0 Å². The van der Waals surface area contributed by atoms with Gasteiger partial charge in [0, 0.05) is 45.1 Å². The number of aryl methyl sites for hydroxylation is 2. The number of hydrogen-bond donors (Lipinski definition) is 3. The van der Waals surface area contributed by atoms with E-state index in [1.54, 1.807) is 0 Å². The van der Waals surface area contributed by atoms with Crippen LogP contribution in [0.3, 0.4) is 0 Å². The maximum Gasteiger partial charge on any atom is 0.191 e. The number of aromatic nitrogens is 3. The molecule has 0 saturated carbocycles. The lowest BCUT2D eigenvalue weighted by atomic mass is 10.00. The second-order valence-electron chi connectivity index (χ2n) is 8.49. The number of guanidine groups is 1. The van der Waals surface area contributed by atoms with Crippen LogP contribution in [0.2, 0.25) is 0 Å². The van der Waals surface area contributed by atoms with Gasteiger partial charge in [0.05, 0.1) is 19.2 Å². The predicted molar refractivity (Wildman–Crippen MR) is 122 cm³/mol. The van der Waals surface area contributed by atoms with Gasteiger partial charge in [-0.3, -0.25) is 9.89 Å². The van der Waals surface area contributed by atoms with Crippen molar-refractivity contribution in [1.29, 1.82) is 0 Å². The first kappa shape index (κ1) is 21.8. The molecule has 4 rings (SSSR count). The summed E-state index contributed by atoms with van der Waals surface area (Å²) in [7, 11) is 0. The highest BCUT2D eigenvalue weighted by atomic mass is 16.3. The van der Waals surface area contributed by atoms with Crippen molar-refractivity contribution in [2.75, 3.05) is 26.2 Å². The Labute approximate surface area is 184 Å². The third-order valence-electron chi connectivity index (χ3n) is 6.04. The first-order valence-electron chi connectivity index (χ1n) is 11.6. The van der Waals surface area contributed by atoms with Crippen LogP contribution in [0.25, 0.3) is 0 Å². The van der Waals surface area contributed by atoms with Crippen LogP contribution in [0, 0.1) is 0 Å². The molecule has 0 radical (unpaired) electrons. The molecule has 2 atom stereocenters. The highest BCUT2D eigenvalue weighted by Gasteiger charge is 2.22. The predicted octanol–water partition coefficient (Wildman–Crippen LogP) is 1.13. The Morgan fingerprint density at radius 3 is 2.90 bits per heavy atom. The van der Waals surface area contributed by atoms with E-state index in [-0.39, 0.29) is 6.04 Å². The molecule has 2 aromatic rings. The molecule has 8 nitrogen and oxygen atoms in total. The number of aliphatic imine (C=N–C) groups is 1. The Morgan fingerprint density at radius 2 is 2.10 bits per heavy atom. The molecule has 0 amide bonds. The van der Waals surface area contributed by atoms with Gasteiger partial charge >= 0.3 is 0 Å². The van der Waals surface area contributed by atoms with E-state index in [9.17, 15) is 5.11 Å².